The van der Waals surface area contributed by atoms with Gasteiger partial charge in [-0.1, -0.05) is 12.1 Å². The van der Waals surface area contributed by atoms with Gasteiger partial charge >= 0.3 is 0 Å². The molecule has 0 atom stereocenters. The Labute approximate surface area is 112 Å². The number of aryl methyl sites for hydroxylation is 1. The lowest BCUT2D eigenvalue weighted by molar-refractivity contribution is 0.0946. The molecule has 0 aliphatic carbocycles. The molecule has 1 heterocycles. The number of carbonyl (C=O) groups excluding carboxylic acids is 1. The van der Waals surface area contributed by atoms with E-state index in [9.17, 15) is 4.79 Å². The van der Waals surface area contributed by atoms with Crippen molar-refractivity contribution in [2.24, 2.45) is 7.05 Å². The van der Waals surface area contributed by atoms with Gasteiger partial charge in [-0.05, 0) is 25.1 Å². The van der Waals surface area contributed by atoms with Gasteiger partial charge in [0.1, 0.15) is 5.75 Å². The molecule has 0 bridgehead atoms. The number of rotatable bonds is 5. The van der Waals surface area contributed by atoms with Crippen LogP contribution in [-0.4, -0.2) is 22.3 Å². The van der Waals surface area contributed by atoms with Crippen molar-refractivity contribution in [2.45, 2.75) is 13.5 Å². The summed E-state index contributed by atoms with van der Waals surface area (Å²) in [6.45, 7) is 2.83. The summed E-state index contributed by atoms with van der Waals surface area (Å²) in [4.78, 5) is 12.1. The highest BCUT2D eigenvalue weighted by Gasteiger charge is 2.11. The Balaban J connectivity index is 2.03. The highest BCUT2D eigenvalue weighted by atomic mass is 16.5. The molecule has 0 aliphatic rings. The third kappa shape index (κ3) is 3.34. The van der Waals surface area contributed by atoms with Crippen molar-refractivity contribution in [2.75, 3.05) is 6.61 Å². The van der Waals surface area contributed by atoms with Crippen molar-refractivity contribution in [3.8, 4) is 5.75 Å². The molecule has 1 aromatic carbocycles. The molecule has 0 saturated carbocycles. The summed E-state index contributed by atoms with van der Waals surface area (Å²) in [5.41, 5.74) is 1.37. The van der Waals surface area contributed by atoms with Crippen LogP contribution in [0.1, 0.15) is 23.0 Å². The van der Waals surface area contributed by atoms with Crippen LogP contribution in [0.3, 0.4) is 0 Å². The van der Waals surface area contributed by atoms with Gasteiger partial charge < -0.3 is 10.1 Å². The average Bonchev–Trinajstić information content (AvgIpc) is 2.83. The smallest absolute Gasteiger partial charge is 0.255 e. The van der Waals surface area contributed by atoms with Crippen LogP contribution in [0, 0.1) is 0 Å². The van der Waals surface area contributed by atoms with E-state index >= 15 is 0 Å². The average molecular weight is 259 g/mol. The first kappa shape index (κ1) is 13.1. The van der Waals surface area contributed by atoms with E-state index < -0.39 is 0 Å². The minimum Gasteiger partial charge on any atom is -0.493 e. The van der Waals surface area contributed by atoms with E-state index in [0.717, 1.165) is 5.69 Å². The van der Waals surface area contributed by atoms with Crippen molar-refractivity contribution in [1.82, 2.24) is 15.1 Å². The van der Waals surface area contributed by atoms with Crippen LogP contribution >= 0.6 is 0 Å². The zero-order valence-electron chi connectivity index (χ0n) is 11.1. The normalized spacial score (nSPS) is 10.2. The molecule has 0 aliphatic heterocycles. The molecule has 0 radical (unpaired) electrons. The number of hydrogen-bond donors (Lipinski definition) is 1. The molecule has 5 heteroatoms. The second kappa shape index (κ2) is 6.04. The first-order chi connectivity index (χ1) is 9.20. The number of ether oxygens (including phenoxy) is 1. The van der Waals surface area contributed by atoms with E-state index in [1.165, 1.54) is 0 Å². The summed E-state index contributed by atoms with van der Waals surface area (Å²) in [6.07, 6.45) is 1.84. The van der Waals surface area contributed by atoms with E-state index in [2.05, 4.69) is 10.4 Å². The SMILES string of the molecule is CCOc1ccccc1C(=O)NCc1ccn(C)n1. The van der Waals surface area contributed by atoms with E-state index in [-0.39, 0.29) is 5.91 Å². The molecule has 0 unspecified atom stereocenters. The van der Waals surface area contributed by atoms with Crippen LogP contribution < -0.4 is 10.1 Å². The van der Waals surface area contributed by atoms with E-state index in [4.69, 9.17) is 4.74 Å². The van der Waals surface area contributed by atoms with Gasteiger partial charge in [-0.15, -0.1) is 0 Å². The molecular formula is C14H17N3O2. The first-order valence-electron chi connectivity index (χ1n) is 6.19. The number of hydrogen-bond acceptors (Lipinski definition) is 3. The predicted molar refractivity (Wildman–Crippen MR) is 72.0 cm³/mol. The second-order valence-corrected chi connectivity index (χ2v) is 4.09. The highest BCUT2D eigenvalue weighted by Crippen LogP contribution is 2.17. The van der Waals surface area contributed by atoms with Gasteiger partial charge in [0.25, 0.3) is 5.91 Å². The van der Waals surface area contributed by atoms with E-state index in [1.54, 1.807) is 16.8 Å². The topological polar surface area (TPSA) is 56.1 Å². The minimum atomic E-state index is -0.158. The van der Waals surface area contributed by atoms with Crippen molar-refractivity contribution in [3.05, 3.63) is 47.8 Å². The molecule has 0 saturated heterocycles. The maximum Gasteiger partial charge on any atom is 0.255 e. The third-order valence-corrected chi connectivity index (χ3v) is 2.63. The fourth-order valence-electron chi connectivity index (χ4n) is 1.76. The largest absolute Gasteiger partial charge is 0.493 e. The second-order valence-electron chi connectivity index (χ2n) is 4.09. The molecule has 0 fully saturated rings. The maximum absolute atomic E-state index is 12.1. The van der Waals surface area contributed by atoms with Gasteiger partial charge in [-0.25, -0.2) is 0 Å². The molecule has 100 valence electrons. The predicted octanol–water partition coefficient (Wildman–Crippen LogP) is 1.75. The zero-order valence-corrected chi connectivity index (χ0v) is 11.1. The van der Waals surface area contributed by atoms with Crippen LogP contribution in [-0.2, 0) is 13.6 Å². The molecular weight excluding hydrogens is 242 g/mol. The van der Waals surface area contributed by atoms with Crippen molar-refractivity contribution >= 4 is 5.91 Å². The lowest BCUT2D eigenvalue weighted by Crippen LogP contribution is -2.23. The number of para-hydroxylation sites is 1. The number of nitrogens with one attached hydrogen (secondary N) is 1. The van der Waals surface area contributed by atoms with Gasteiger partial charge in [0, 0.05) is 13.2 Å². The van der Waals surface area contributed by atoms with Crippen molar-refractivity contribution in [3.63, 3.8) is 0 Å². The Kier molecular flexibility index (Phi) is 4.18. The number of benzene rings is 1. The van der Waals surface area contributed by atoms with Crippen LogP contribution in [0.25, 0.3) is 0 Å². The molecule has 1 aromatic heterocycles. The maximum atomic E-state index is 12.1. The summed E-state index contributed by atoms with van der Waals surface area (Å²) in [7, 11) is 1.84. The third-order valence-electron chi connectivity index (χ3n) is 2.63. The summed E-state index contributed by atoms with van der Waals surface area (Å²) in [5.74, 6) is 0.443. The van der Waals surface area contributed by atoms with Gasteiger partial charge in [0.05, 0.1) is 24.4 Å². The standard InChI is InChI=1S/C14H17N3O2/c1-3-19-13-7-5-4-6-12(13)14(18)15-10-11-8-9-17(2)16-11/h4-9H,3,10H2,1-2H3,(H,15,18). The van der Waals surface area contributed by atoms with E-state index in [0.29, 0.717) is 24.5 Å². The number of carbonyl (C=O) groups is 1. The number of aromatic nitrogens is 2. The van der Waals surface area contributed by atoms with Crippen LogP contribution in [0.5, 0.6) is 5.75 Å². The number of nitrogens with zero attached hydrogens (tertiary/aromatic N) is 2. The quantitative estimate of drug-likeness (QED) is 0.890. The lowest BCUT2D eigenvalue weighted by atomic mass is 10.2. The summed E-state index contributed by atoms with van der Waals surface area (Å²) >= 11 is 0. The van der Waals surface area contributed by atoms with Crippen LogP contribution in [0.4, 0.5) is 0 Å². The van der Waals surface area contributed by atoms with Crippen LogP contribution in [0.2, 0.25) is 0 Å². The highest BCUT2D eigenvalue weighted by molar-refractivity contribution is 5.96. The van der Waals surface area contributed by atoms with Crippen molar-refractivity contribution < 1.29 is 9.53 Å². The lowest BCUT2D eigenvalue weighted by Gasteiger charge is -2.09. The molecule has 19 heavy (non-hydrogen) atoms. The monoisotopic (exact) mass is 259 g/mol. The summed E-state index contributed by atoms with van der Waals surface area (Å²) < 4.78 is 7.14. The molecule has 1 N–H and O–H groups in total. The molecule has 2 aromatic rings. The molecule has 0 spiro atoms. The summed E-state index contributed by atoms with van der Waals surface area (Å²) in [6, 6.07) is 9.07. The Morgan fingerprint density at radius 3 is 2.84 bits per heavy atom. The Morgan fingerprint density at radius 2 is 2.16 bits per heavy atom. The molecule has 1 amide bonds. The molecule has 5 nitrogen and oxygen atoms in total. The summed E-state index contributed by atoms with van der Waals surface area (Å²) in [5, 5.41) is 7.04. The number of amides is 1. The van der Waals surface area contributed by atoms with Crippen molar-refractivity contribution in [1.29, 1.82) is 0 Å². The van der Waals surface area contributed by atoms with Gasteiger partial charge in [-0.2, -0.15) is 5.10 Å². The fourth-order valence-corrected chi connectivity index (χ4v) is 1.76. The Bertz CT molecular complexity index is 563. The Hall–Kier alpha value is -2.30. The van der Waals surface area contributed by atoms with Gasteiger partial charge in [-0.3, -0.25) is 9.48 Å². The minimum absolute atomic E-state index is 0.158. The van der Waals surface area contributed by atoms with Gasteiger partial charge in [0.15, 0.2) is 0 Å². The molecule has 2 rings (SSSR count). The Morgan fingerprint density at radius 1 is 1.37 bits per heavy atom. The van der Waals surface area contributed by atoms with E-state index in [1.807, 2.05) is 38.4 Å². The zero-order chi connectivity index (χ0) is 13.7. The van der Waals surface area contributed by atoms with Gasteiger partial charge in [0.2, 0.25) is 0 Å². The fraction of sp³-hybridized carbons (Fsp3) is 0.286. The first-order valence-corrected chi connectivity index (χ1v) is 6.19. The van der Waals surface area contributed by atoms with Crippen LogP contribution in [0.15, 0.2) is 36.5 Å².